The van der Waals surface area contributed by atoms with Crippen molar-refractivity contribution < 1.29 is 14.4 Å². The first-order valence-electron chi connectivity index (χ1n) is 9.67. The van der Waals surface area contributed by atoms with E-state index in [4.69, 9.17) is 0 Å². The van der Waals surface area contributed by atoms with Crippen LogP contribution < -0.4 is 16.2 Å². The number of rotatable bonds is 7. The van der Waals surface area contributed by atoms with Crippen LogP contribution in [0, 0.1) is 0 Å². The first-order valence-corrected chi connectivity index (χ1v) is 10.5. The predicted octanol–water partition coefficient (Wildman–Crippen LogP) is 3.11. The summed E-state index contributed by atoms with van der Waals surface area (Å²) in [6.45, 7) is 4.51. The van der Waals surface area contributed by atoms with Gasteiger partial charge in [0.1, 0.15) is 0 Å². The lowest BCUT2D eigenvalue weighted by Gasteiger charge is -2.12. The molecule has 1 aromatic heterocycles. The lowest BCUT2D eigenvalue weighted by Crippen LogP contribution is -2.23. The number of nitrogens with one attached hydrogen (secondary N) is 3. The molecule has 0 fully saturated rings. The Balaban J connectivity index is 1.71. The number of carbonyl (C=O) groups is 3. The van der Waals surface area contributed by atoms with E-state index in [2.05, 4.69) is 25.8 Å². The van der Waals surface area contributed by atoms with Crippen LogP contribution in [0.5, 0.6) is 0 Å². The minimum Gasteiger partial charge on any atom is -0.326 e. The maximum atomic E-state index is 12.6. The number of hydrogen-bond donors (Lipinski definition) is 3. The summed E-state index contributed by atoms with van der Waals surface area (Å²) in [5.74, 6) is -0.629. The zero-order chi connectivity index (χ0) is 23.3. The number of carbonyl (C=O) groups excluding carboxylic acids is 3. The van der Waals surface area contributed by atoms with E-state index in [1.807, 2.05) is 0 Å². The van der Waals surface area contributed by atoms with E-state index >= 15 is 0 Å². The summed E-state index contributed by atoms with van der Waals surface area (Å²) < 4.78 is 0. The van der Waals surface area contributed by atoms with Gasteiger partial charge in [0.25, 0.3) is 5.56 Å². The molecule has 32 heavy (non-hydrogen) atoms. The molecule has 0 saturated heterocycles. The van der Waals surface area contributed by atoms with Crippen LogP contribution >= 0.6 is 11.8 Å². The standard InChI is InChI=1S/C22H21N5O4S/c1-12(28)15-8-10-16(11-9-15)24-20(30)13(2)32-22-25-21(31)19(26-27-22)17-6-4-5-7-18(17)23-14(3)29/h4-11,13H,1-3H3,(H,23,29)(H,24,30)(H,25,27,31). The summed E-state index contributed by atoms with van der Waals surface area (Å²) in [5, 5.41) is 13.1. The van der Waals surface area contributed by atoms with Gasteiger partial charge in [-0.1, -0.05) is 30.0 Å². The zero-order valence-electron chi connectivity index (χ0n) is 17.6. The first-order chi connectivity index (χ1) is 15.2. The van der Waals surface area contributed by atoms with Gasteiger partial charge in [-0.15, -0.1) is 10.2 Å². The van der Waals surface area contributed by atoms with E-state index in [1.165, 1.54) is 13.8 Å². The van der Waals surface area contributed by atoms with Crippen LogP contribution in [0.4, 0.5) is 11.4 Å². The molecule has 0 spiro atoms. The maximum Gasteiger partial charge on any atom is 0.278 e. The highest BCUT2D eigenvalue weighted by Gasteiger charge is 2.18. The fraction of sp³-hybridized carbons (Fsp3) is 0.182. The quantitative estimate of drug-likeness (QED) is 0.371. The van der Waals surface area contributed by atoms with Crippen molar-refractivity contribution in [1.82, 2.24) is 15.2 Å². The highest BCUT2D eigenvalue weighted by atomic mass is 32.2. The molecule has 0 aliphatic rings. The van der Waals surface area contributed by atoms with E-state index in [1.54, 1.807) is 55.5 Å². The molecule has 1 heterocycles. The monoisotopic (exact) mass is 451 g/mol. The molecule has 9 nitrogen and oxygen atoms in total. The number of thioether (sulfide) groups is 1. The summed E-state index contributed by atoms with van der Waals surface area (Å²) in [5.41, 5.74) is 1.56. The molecule has 0 aliphatic carbocycles. The maximum absolute atomic E-state index is 12.6. The van der Waals surface area contributed by atoms with Crippen molar-refractivity contribution in [3.05, 3.63) is 64.4 Å². The second kappa shape index (κ2) is 10.0. The van der Waals surface area contributed by atoms with Gasteiger partial charge in [0.2, 0.25) is 11.8 Å². The third-order valence-electron chi connectivity index (χ3n) is 4.39. The van der Waals surface area contributed by atoms with E-state index in [-0.39, 0.29) is 28.4 Å². The zero-order valence-corrected chi connectivity index (χ0v) is 18.4. The average molecular weight is 452 g/mol. The summed E-state index contributed by atoms with van der Waals surface area (Å²) in [7, 11) is 0. The lowest BCUT2D eigenvalue weighted by molar-refractivity contribution is -0.115. The van der Waals surface area contributed by atoms with Gasteiger partial charge in [-0.05, 0) is 44.2 Å². The van der Waals surface area contributed by atoms with Gasteiger partial charge in [0.05, 0.1) is 10.9 Å². The van der Waals surface area contributed by atoms with Gasteiger partial charge in [0.15, 0.2) is 16.6 Å². The second-order valence-corrected chi connectivity index (χ2v) is 8.25. The number of amides is 2. The summed E-state index contributed by atoms with van der Waals surface area (Å²) >= 11 is 1.05. The molecular weight excluding hydrogens is 430 g/mol. The molecule has 0 radical (unpaired) electrons. The molecule has 0 aliphatic heterocycles. The second-order valence-electron chi connectivity index (χ2n) is 6.92. The molecule has 10 heteroatoms. The van der Waals surface area contributed by atoms with Gasteiger partial charge in [0, 0.05) is 23.7 Å². The molecule has 1 unspecified atom stereocenters. The van der Waals surface area contributed by atoms with Crippen molar-refractivity contribution in [2.75, 3.05) is 10.6 Å². The van der Waals surface area contributed by atoms with Crippen LogP contribution in [0.3, 0.4) is 0 Å². The van der Waals surface area contributed by atoms with Gasteiger partial charge in [-0.3, -0.25) is 24.2 Å². The third-order valence-corrected chi connectivity index (χ3v) is 5.36. The fourth-order valence-electron chi connectivity index (χ4n) is 2.79. The van der Waals surface area contributed by atoms with Crippen molar-refractivity contribution in [3.8, 4) is 11.3 Å². The van der Waals surface area contributed by atoms with Gasteiger partial charge >= 0.3 is 0 Å². The topological polar surface area (TPSA) is 134 Å². The van der Waals surface area contributed by atoms with Crippen LogP contribution in [0.25, 0.3) is 11.3 Å². The van der Waals surface area contributed by atoms with E-state index < -0.39 is 10.8 Å². The Morgan fingerprint density at radius 2 is 1.66 bits per heavy atom. The highest BCUT2D eigenvalue weighted by molar-refractivity contribution is 8.00. The minimum absolute atomic E-state index is 0.0568. The number of benzene rings is 2. The normalized spacial score (nSPS) is 11.5. The molecule has 2 aromatic carbocycles. The minimum atomic E-state index is -0.579. The lowest BCUT2D eigenvalue weighted by atomic mass is 10.1. The van der Waals surface area contributed by atoms with E-state index in [9.17, 15) is 19.2 Å². The van der Waals surface area contributed by atoms with Crippen LogP contribution in [0.1, 0.15) is 31.1 Å². The molecule has 3 N–H and O–H groups in total. The number of ketones is 1. The number of Topliss-reactive ketones (excluding diaryl/α,β-unsaturated/α-hetero) is 1. The van der Waals surface area contributed by atoms with E-state index in [0.717, 1.165) is 11.8 Å². The smallest absolute Gasteiger partial charge is 0.278 e. The van der Waals surface area contributed by atoms with Gasteiger partial charge in [-0.2, -0.15) is 0 Å². The Morgan fingerprint density at radius 3 is 2.28 bits per heavy atom. The average Bonchev–Trinajstić information content (AvgIpc) is 2.74. The third kappa shape index (κ3) is 5.67. The van der Waals surface area contributed by atoms with Crippen molar-refractivity contribution in [1.29, 1.82) is 0 Å². The SMILES string of the molecule is CC(=O)Nc1ccccc1-c1nnc(SC(C)C(=O)Nc2ccc(C(C)=O)cc2)[nH]c1=O. The largest absolute Gasteiger partial charge is 0.326 e. The molecular formula is C22H21N5O4S. The Hall–Kier alpha value is -3.79. The van der Waals surface area contributed by atoms with Crippen molar-refractivity contribution >= 4 is 40.7 Å². The van der Waals surface area contributed by atoms with Gasteiger partial charge in [-0.25, -0.2) is 0 Å². The first kappa shape index (κ1) is 22.9. The Labute approximate surface area is 188 Å². The number of hydrogen-bond acceptors (Lipinski definition) is 7. The van der Waals surface area contributed by atoms with Gasteiger partial charge < -0.3 is 10.6 Å². The molecule has 3 rings (SSSR count). The Bertz CT molecular complexity index is 1220. The predicted molar refractivity (Wildman–Crippen MR) is 123 cm³/mol. The summed E-state index contributed by atoms with van der Waals surface area (Å²) in [4.78, 5) is 50.5. The Kier molecular flexibility index (Phi) is 7.16. The van der Waals surface area contributed by atoms with E-state index in [0.29, 0.717) is 22.5 Å². The Morgan fingerprint density at radius 1 is 0.969 bits per heavy atom. The van der Waals surface area contributed by atoms with Crippen LogP contribution in [0.15, 0.2) is 58.5 Å². The number of aromatic amines is 1. The molecule has 164 valence electrons. The highest BCUT2D eigenvalue weighted by Crippen LogP contribution is 2.25. The van der Waals surface area contributed by atoms with Crippen molar-refractivity contribution in [2.45, 2.75) is 31.2 Å². The molecule has 0 bridgehead atoms. The number of para-hydroxylation sites is 1. The molecule has 2 amide bonds. The molecule has 1 atom stereocenters. The number of nitrogens with zero attached hydrogens (tertiary/aromatic N) is 2. The molecule has 0 saturated carbocycles. The van der Waals surface area contributed by atoms with Crippen LogP contribution in [-0.4, -0.2) is 38.0 Å². The van der Waals surface area contributed by atoms with Crippen LogP contribution in [-0.2, 0) is 9.59 Å². The van der Waals surface area contributed by atoms with Crippen LogP contribution in [0.2, 0.25) is 0 Å². The van der Waals surface area contributed by atoms with Crippen molar-refractivity contribution in [2.24, 2.45) is 0 Å². The fourth-order valence-corrected chi connectivity index (χ4v) is 3.53. The van der Waals surface area contributed by atoms with Crippen molar-refractivity contribution in [3.63, 3.8) is 0 Å². The number of anilines is 2. The summed E-state index contributed by atoms with van der Waals surface area (Å²) in [6.07, 6.45) is 0. The number of H-pyrrole nitrogens is 1. The number of aromatic nitrogens is 3. The summed E-state index contributed by atoms with van der Waals surface area (Å²) in [6, 6.07) is 13.3. The molecule has 3 aromatic rings.